The van der Waals surface area contributed by atoms with Gasteiger partial charge in [0.2, 0.25) is 5.91 Å². The molecule has 1 aromatic carbocycles. The van der Waals surface area contributed by atoms with Crippen LogP contribution >= 0.6 is 0 Å². The summed E-state index contributed by atoms with van der Waals surface area (Å²) >= 11 is 0. The summed E-state index contributed by atoms with van der Waals surface area (Å²) in [4.78, 5) is 18.7. The summed E-state index contributed by atoms with van der Waals surface area (Å²) in [5.41, 5.74) is 7.60. The molecular weight excluding hydrogens is 290 g/mol. The highest BCUT2D eigenvalue weighted by Gasteiger charge is 2.27. The van der Waals surface area contributed by atoms with Crippen LogP contribution in [-0.2, 0) is 11.2 Å². The van der Waals surface area contributed by atoms with Crippen molar-refractivity contribution in [3.63, 3.8) is 0 Å². The number of aromatic nitrogens is 1. The van der Waals surface area contributed by atoms with Crippen molar-refractivity contribution < 1.29 is 9.21 Å². The number of amides is 1. The minimum atomic E-state index is 0.148. The first kappa shape index (κ1) is 15.7. The van der Waals surface area contributed by atoms with Crippen LogP contribution in [-0.4, -0.2) is 34.9 Å². The lowest BCUT2D eigenvalue weighted by Gasteiger charge is -2.23. The van der Waals surface area contributed by atoms with Crippen LogP contribution in [0.4, 0.5) is 0 Å². The van der Waals surface area contributed by atoms with Crippen LogP contribution < -0.4 is 5.73 Å². The largest absolute Gasteiger partial charge is 0.440 e. The molecule has 1 aromatic heterocycles. The number of nitrogens with two attached hydrogens (primary N) is 1. The van der Waals surface area contributed by atoms with Gasteiger partial charge >= 0.3 is 0 Å². The highest BCUT2D eigenvalue weighted by atomic mass is 16.4. The lowest BCUT2D eigenvalue weighted by atomic mass is 10.1. The number of carbonyl (C=O) groups excluding carboxylic acids is 1. The Morgan fingerprint density at radius 3 is 2.91 bits per heavy atom. The molecule has 2 N–H and O–H groups in total. The average Bonchev–Trinajstić information content (AvgIpc) is 3.19. The molecule has 1 atom stereocenters. The first-order valence-electron chi connectivity index (χ1n) is 8.20. The van der Waals surface area contributed by atoms with E-state index in [9.17, 15) is 4.79 Å². The lowest BCUT2D eigenvalue weighted by Crippen LogP contribution is -2.40. The molecule has 1 aliphatic heterocycles. The van der Waals surface area contributed by atoms with Crippen molar-refractivity contribution >= 4 is 5.91 Å². The molecule has 5 heteroatoms. The highest BCUT2D eigenvalue weighted by molar-refractivity contribution is 5.77. The maximum absolute atomic E-state index is 12.4. The number of hydrogen-bond donors (Lipinski definition) is 1. The normalized spacial score (nSPS) is 17.7. The summed E-state index contributed by atoms with van der Waals surface area (Å²) in [5, 5.41) is 0. The first-order valence-corrected chi connectivity index (χ1v) is 8.20. The van der Waals surface area contributed by atoms with E-state index in [0.29, 0.717) is 25.3 Å². The molecule has 1 saturated heterocycles. The quantitative estimate of drug-likeness (QED) is 0.920. The van der Waals surface area contributed by atoms with Crippen molar-refractivity contribution in [2.75, 3.05) is 13.1 Å². The summed E-state index contributed by atoms with van der Waals surface area (Å²) < 4.78 is 5.86. The van der Waals surface area contributed by atoms with E-state index in [1.54, 1.807) is 0 Å². The second-order valence-corrected chi connectivity index (χ2v) is 6.01. The highest BCUT2D eigenvalue weighted by Crippen LogP contribution is 2.25. The van der Waals surface area contributed by atoms with E-state index in [1.807, 2.05) is 42.2 Å². The summed E-state index contributed by atoms with van der Waals surface area (Å²) in [5.74, 6) is 1.56. The van der Waals surface area contributed by atoms with E-state index in [1.165, 1.54) is 0 Å². The Kier molecular flexibility index (Phi) is 4.76. The predicted octanol–water partition coefficient (Wildman–Crippen LogP) is 2.53. The predicted molar refractivity (Wildman–Crippen MR) is 88.8 cm³/mol. The first-order chi connectivity index (χ1) is 11.2. The Labute approximate surface area is 136 Å². The number of carbonyl (C=O) groups is 1. The fourth-order valence-corrected chi connectivity index (χ4v) is 3.18. The maximum Gasteiger partial charge on any atom is 0.223 e. The molecular formula is C18H23N3O2. The molecule has 2 heterocycles. The molecule has 5 nitrogen and oxygen atoms in total. The van der Waals surface area contributed by atoms with Gasteiger partial charge in [0.05, 0.1) is 5.69 Å². The van der Waals surface area contributed by atoms with E-state index in [2.05, 4.69) is 4.98 Å². The van der Waals surface area contributed by atoms with Crippen LogP contribution in [0, 0.1) is 6.92 Å². The Morgan fingerprint density at radius 2 is 2.17 bits per heavy atom. The molecule has 3 rings (SSSR count). The van der Waals surface area contributed by atoms with Crippen LogP contribution in [0.3, 0.4) is 0 Å². The van der Waals surface area contributed by atoms with E-state index in [4.69, 9.17) is 10.2 Å². The molecule has 0 aliphatic carbocycles. The Hall–Kier alpha value is -2.14. The van der Waals surface area contributed by atoms with Crippen molar-refractivity contribution in [1.29, 1.82) is 0 Å². The van der Waals surface area contributed by atoms with Crippen LogP contribution in [0.1, 0.15) is 30.8 Å². The Balaban J connectivity index is 1.64. The zero-order valence-corrected chi connectivity index (χ0v) is 13.5. The van der Waals surface area contributed by atoms with Gasteiger partial charge in [0.15, 0.2) is 11.7 Å². The SMILES string of the molecule is Cc1nc(CCC(=O)N2CCCC2CN)oc1-c1ccccc1. The standard InChI is InChI=1S/C18H23N3O2/c1-13-18(14-6-3-2-4-7-14)23-16(20-13)9-10-17(22)21-11-5-8-15(21)12-19/h2-4,6-7,15H,5,8-12,19H2,1H3. The minimum absolute atomic E-state index is 0.148. The molecule has 0 saturated carbocycles. The van der Waals surface area contributed by atoms with Crippen LogP contribution in [0.2, 0.25) is 0 Å². The van der Waals surface area contributed by atoms with Crippen LogP contribution in [0.15, 0.2) is 34.7 Å². The molecule has 1 fully saturated rings. The van der Waals surface area contributed by atoms with Gasteiger partial charge in [-0.2, -0.15) is 0 Å². The Morgan fingerprint density at radius 1 is 1.39 bits per heavy atom. The average molecular weight is 313 g/mol. The molecule has 2 aromatic rings. The van der Waals surface area contributed by atoms with Gasteiger partial charge in [0, 0.05) is 37.5 Å². The lowest BCUT2D eigenvalue weighted by molar-refractivity contribution is -0.131. The van der Waals surface area contributed by atoms with Crippen molar-refractivity contribution in [3.8, 4) is 11.3 Å². The zero-order valence-electron chi connectivity index (χ0n) is 13.5. The van der Waals surface area contributed by atoms with Gasteiger partial charge in [-0.05, 0) is 19.8 Å². The van der Waals surface area contributed by atoms with Crippen LogP contribution in [0.25, 0.3) is 11.3 Å². The molecule has 1 amide bonds. The smallest absolute Gasteiger partial charge is 0.223 e. The van der Waals surface area contributed by atoms with E-state index >= 15 is 0 Å². The van der Waals surface area contributed by atoms with Crippen LogP contribution in [0.5, 0.6) is 0 Å². The number of benzene rings is 1. The zero-order chi connectivity index (χ0) is 16.2. The van der Waals surface area contributed by atoms with Crippen molar-refractivity contribution in [2.24, 2.45) is 5.73 Å². The molecule has 0 spiro atoms. The fraction of sp³-hybridized carbons (Fsp3) is 0.444. The Bertz CT molecular complexity index is 666. The van der Waals surface area contributed by atoms with Gasteiger partial charge in [-0.1, -0.05) is 30.3 Å². The monoisotopic (exact) mass is 313 g/mol. The van der Waals surface area contributed by atoms with Gasteiger partial charge in [-0.3, -0.25) is 4.79 Å². The van der Waals surface area contributed by atoms with Gasteiger partial charge in [-0.25, -0.2) is 4.98 Å². The van der Waals surface area contributed by atoms with E-state index in [-0.39, 0.29) is 11.9 Å². The third kappa shape index (κ3) is 3.45. The third-order valence-corrected chi connectivity index (χ3v) is 4.40. The minimum Gasteiger partial charge on any atom is -0.440 e. The summed E-state index contributed by atoms with van der Waals surface area (Å²) in [6, 6.07) is 10.1. The summed E-state index contributed by atoms with van der Waals surface area (Å²) in [7, 11) is 0. The van der Waals surface area contributed by atoms with Gasteiger partial charge in [-0.15, -0.1) is 0 Å². The second-order valence-electron chi connectivity index (χ2n) is 6.01. The maximum atomic E-state index is 12.4. The van der Waals surface area contributed by atoms with E-state index in [0.717, 1.165) is 36.4 Å². The second kappa shape index (κ2) is 6.96. The fourth-order valence-electron chi connectivity index (χ4n) is 3.18. The number of likely N-dealkylation sites (tertiary alicyclic amines) is 1. The number of hydrogen-bond acceptors (Lipinski definition) is 4. The van der Waals surface area contributed by atoms with Gasteiger partial charge in [0.1, 0.15) is 0 Å². The van der Waals surface area contributed by atoms with Crippen molar-refractivity contribution in [2.45, 2.75) is 38.6 Å². The molecule has 0 radical (unpaired) electrons. The van der Waals surface area contributed by atoms with E-state index < -0.39 is 0 Å². The number of rotatable bonds is 5. The number of oxazole rings is 1. The number of aryl methyl sites for hydroxylation is 2. The molecule has 122 valence electrons. The molecule has 1 aliphatic rings. The molecule has 23 heavy (non-hydrogen) atoms. The third-order valence-electron chi connectivity index (χ3n) is 4.40. The number of nitrogens with zero attached hydrogens (tertiary/aromatic N) is 2. The molecule has 1 unspecified atom stereocenters. The van der Waals surface area contributed by atoms with Crippen molar-refractivity contribution in [3.05, 3.63) is 41.9 Å². The van der Waals surface area contributed by atoms with Crippen molar-refractivity contribution in [1.82, 2.24) is 9.88 Å². The van der Waals surface area contributed by atoms with Gasteiger partial charge in [0.25, 0.3) is 0 Å². The topological polar surface area (TPSA) is 72.4 Å². The summed E-state index contributed by atoms with van der Waals surface area (Å²) in [6.45, 7) is 3.30. The summed E-state index contributed by atoms with van der Waals surface area (Å²) in [6.07, 6.45) is 3.01. The molecule has 0 bridgehead atoms. The van der Waals surface area contributed by atoms with Gasteiger partial charge < -0.3 is 15.1 Å².